The number of hydrogen-bond donors (Lipinski definition) is 1. The largest absolute Gasteiger partial charge is 0.309 e. The van der Waals surface area contributed by atoms with Gasteiger partial charge < -0.3 is 5.32 Å². The van der Waals surface area contributed by atoms with Crippen LogP contribution in [0.3, 0.4) is 0 Å². The Balaban J connectivity index is 2.11. The van der Waals surface area contributed by atoms with E-state index in [4.69, 9.17) is 0 Å². The maximum Gasteiger partial charge on any atom is 0.0483 e. The first-order valence-electron chi connectivity index (χ1n) is 6.93. The van der Waals surface area contributed by atoms with Gasteiger partial charge in [-0.15, -0.1) is 0 Å². The van der Waals surface area contributed by atoms with Crippen LogP contribution in [0.4, 0.5) is 0 Å². The van der Waals surface area contributed by atoms with Gasteiger partial charge in [0.15, 0.2) is 0 Å². The van der Waals surface area contributed by atoms with E-state index in [2.05, 4.69) is 61.9 Å². The maximum absolute atomic E-state index is 4.39. The van der Waals surface area contributed by atoms with Crippen LogP contribution in [0.15, 0.2) is 42.5 Å². The molecule has 1 heterocycles. The minimum atomic E-state index is -1.05. The second-order valence-corrected chi connectivity index (χ2v) is 12.1. The molecule has 0 radical (unpaired) electrons. The standard InChI is InChI=1S/C16H25NSi/c1-13(12-18(2,3)4)15-10-11-17-16(15)14-8-6-5-7-9-14/h5-9,15-17H,1,10-12H2,2-4H3/t15-,16+/m1/s1. The van der Waals surface area contributed by atoms with Crippen molar-refractivity contribution in [3.05, 3.63) is 48.0 Å². The van der Waals surface area contributed by atoms with E-state index in [1.165, 1.54) is 23.6 Å². The third-order valence-corrected chi connectivity index (χ3v) is 5.18. The van der Waals surface area contributed by atoms with Gasteiger partial charge in [-0.05, 0) is 30.5 Å². The van der Waals surface area contributed by atoms with Crippen molar-refractivity contribution in [3.8, 4) is 0 Å². The van der Waals surface area contributed by atoms with Gasteiger partial charge in [-0.25, -0.2) is 0 Å². The summed E-state index contributed by atoms with van der Waals surface area (Å²) in [6.07, 6.45) is 1.24. The highest BCUT2D eigenvalue weighted by Crippen LogP contribution is 2.37. The summed E-state index contributed by atoms with van der Waals surface area (Å²) in [6, 6.07) is 12.6. The summed E-state index contributed by atoms with van der Waals surface area (Å²) in [5.74, 6) is 0.624. The summed E-state index contributed by atoms with van der Waals surface area (Å²) in [6.45, 7) is 12.8. The van der Waals surface area contributed by atoms with E-state index in [1.54, 1.807) is 0 Å². The van der Waals surface area contributed by atoms with E-state index >= 15 is 0 Å². The predicted octanol–water partition coefficient (Wildman–Crippen LogP) is 4.23. The van der Waals surface area contributed by atoms with E-state index in [9.17, 15) is 0 Å². The molecule has 0 bridgehead atoms. The summed E-state index contributed by atoms with van der Waals surface area (Å²) >= 11 is 0. The van der Waals surface area contributed by atoms with Crippen molar-refractivity contribution in [1.29, 1.82) is 0 Å². The Morgan fingerprint density at radius 3 is 2.56 bits per heavy atom. The van der Waals surface area contributed by atoms with Crippen molar-refractivity contribution in [2.75, 3.05) is 6.54 Å². The predicted molar refractivity (Wildman–Crippen MR) is 82.6 cm³/mol. The molecule has 18 heavy (non-hydrogen) atoms. The molecule has 1 aromatic carbocycles. The summed E-state index contributed by atoms with van der Waals surface area (Å²) in [5.41, 5.74) is 2.88. The van der Waals surface area contributed by atoms with Crippen molar-refractivity contribution in [3.63, 3.8) is 0 Å². The lowest BCUT2D eigenvalue weighted by Gasteiger charge is -2.26. The van der Waals surface area contributed by atoms with Gasteiger partial charge in [0.25, 0.3) is 0 Å². The minimum absolute atomic E-state index is 0.482. The normalized spacial score (nSPS) is 24.2. The zero-order valence-electron chi connectivity index (χ0n) is 11.9. The van der Waals surface area contributed by atoms with Gasteiger partial charge in [-0.3, -0.25) is 0 Å². The molecule has 0 spiro atoms. The Labute approximate surface area is 112 Å². The van der Waals surface area contributed by atoms with E-state index in [0.717, 1.165) is 6.54 Å². The van der Waals surface area contributed by atoms with Gasteiger partial charge in [0.2, 0.25) is 0 Å². The highest BCUT2D eigenvalue weighted by Gasteiger charge is 2.31. The smallest absolute Gasteiger partial charge is 0.0483 e. The highest BCUT2D eigenvalue weighted by atomic mass is 28.3. The van der Waals surface area contributed by atoms with Crippen LogP contribution in [-0.4, -0.2) is 14.6 Å². The van der Waals surface area contributed by atoms with Gasteiger partial charge in [-0.1, -0.05) is 62.1 Å². The average Bonchev–Trinajstić information content (AvgIpc) is 2.76. The third kappa shape index (κ3) is 3.33. The molecule has 0 aliphatic carbocycles. The molecule has 0 amide bonds. The Morgan fingerprint density at radius 1 is 1.28 bits per heavy atom. The summed E-state index contributed by atoms with van der Waals surface area (Å²) in [7, 11) is -1.05. The van der Waals surface area contributed by atoms with E-state index in [1.807, 2.05) is 0 Å². The second-order valence-electron chi connectivity index (χ2n) is 6.63. The number of nitrogens with one attached hydrogen (secondary N) is 1. The molecule has 0 aromatic heterocycles. The molecular weight excluding hydrogens is 234 g/mol. The van der Waals surface area contributed by atoms with Crippen molar-refractivity contribution < 1.29 is 0 Å². The highest BCUT2D eigenvalue weighted by molar-refractivity contribution is 6.76. The fourth-order valence-corrected chi connectivity index (χ4v) is 4.59. The number of hydrogen-bond acceptors (Lipinski definition) is 1. The molecular formula is C16H25NSi. The minimum Gasteiger partial charge on any atom is -0.309 e. The van der Waals surface area contributed by atoms with Crippen LogP contribution in [0, 0.1) is 5.92 Å². The monoisotopic (exact) mass is 259 g/mol. The quantitative estimate of drug-likeness (QED) is 0.630. The molecule has 2 rings (SSSR count). The molecule has 0 saturated carbocycles. The van der Waals surface area contributed by atoms with Crippen LogP contribution in [-0.2, 0) is 0 Å². The Hall–Kier alpha value is -0.863. The molecule has 1 aliphatic rings. The SMILES string of the molecule is C=C(C[Si](C)(C)C)[C@H]1CCN[C@H]1c1ccccc1. The number of rotatable bonds is 4. The number of benzene rings is 1. The van der Waals surface area contributed by atoms with Crippen LogP contribution in [0.2, 0.25) is 25.7 Å². The topological polar surface area (TPSA) is 12.0 Å². The van der Waals surface area contributed by atoms with Gasteiger partial charge >= 0.3 is 0 Å². The maximum atomic E-state index is 4.39. The fourth-order valence-electron chi connectivity index (χ4n) is 2.97. The second kappa shape index (κ2) is 5.41. The molecule has 2 atom stereocenters. The Bertz CT molecular complexity index is 405. The van der Waals surface area contributed by atoms with E-state index in [-0.39, 0.29) is 0 Å². The Kier molecular flexibility index (Phi) is 4.08. The van der Waals surface area contributed by atoms with Crippen LogP contribution < -0.4 is 5.32 Å². The average molecular weight is 259 g/mol. The summed E-state index contributed by atoms with van der Waals surface area (Å²) in [5, 5.41) is 3.64. The van der Waals surface area contributed by atoms with Crippen LogP contribution >= 0.6 is 0 Å². The van der Waals surface area contributed by atoms with E-state index in [0.29, 0.717) is 12.0 Å². The summed E-state index contributed by atoms with van der Waals surface area (Å²) < 4.78 is 0. The molecule has 0 unspecified atom stereocenters. The van der Waals surface area contributed by atoms with Crippen molar-refractivity contribution in [2.45, 2.75) is 38.1 Å². The third-order valence-electron chi connectivity index (χ3n) is 3.66. The molecule has 1 aliphatic heterocycles. The lowest BCUT2D eigenvalue weighted by atomic mass is 9.89. The zero-order valence-corrected chi connectivity index (χ0v) is 12.9. The van der Waals surface area contributed by atoms with E-state index < -0.39 is 8.07 Å². The van der Waals surface area contributed by atoms with Crippen LogP contribution in [0.5, 0.6) is 0 Å². The molecule has 2 heteroatoms. The lowest BCUT2D eigenvalue weighted by Crippen LogP contribution is -2.25. The molecule has 1 N–H and O–H groups in total. The molecule has 1 nitrogen and oxygen atoms in total. The van der Waals surface area contributed by atoms with Crippen molar-refractivity contribution >= 4 is 8.07 Å². The lowest BCUT2D eigenvalue weighted by molar-refractivity contribution is 0.526. The van der Waals surface area contributed by atoms with Gasteiger partial charge in [0.05, 0.1) is 0 Å². The first-order valence-corrected chi connectivity index (χ1v) is 10.6. The molecule has 1 aromatic rings. The van der Waals surface area contributed by atoms with Gasteiger partial charge in [-0.2, -0.15) is 0 Å². The van der Waals surface area contributed by atoms with Crippen LogP contribution in [0.25, 0.3) is 0 Å². The Morgan fingerprint density at radius 2 is 1.94 bits per heavy atom. The van der Waals surface area contributed by atoms with Crippen molar-refractivity contribution in [2.24, 2.45) is 5.92 Å². The van der Waals surface area contributed by atoms with Crippen molar-refractivity contribution in [1.82, 2.24) is 5.32 Å². The zero-order chi connectivity index (χ0) is 13.2. The van der Waals surface area contributed by atoms with Gasteiger partial charge in [0, 0.05) is 14.1 Å². The molecule has 1 saturated heterocycles. The summed E-state index contributed by atoms with van der Waals surface area (Å²) in [4.78, 5) is 0. The van der Waals surface area contributed by atoms with Gasteiger partial charge in [0.1, 0.15) is 0 Å². The first-order chi connectivity index (χ1) is 8.47. The molecule has 1 fully saturated rings. The fraction of sp³-hybridized carbons (Fsp3) is 0.500. The van der Waals surface area contributed by atoms with Crippen LogP contribution in [0.1, 0.15) is 18.0 Å². The first kappa shape index (κ1) is 13.6. The molecule has 98 valence electrons.